The first-order valence-corrected chi connectivity index (χ1v) is 13.3. The van der Waals surface area contributed by atoms with E-state index in [1.54, 1.807) is 9.80 Å². The smallest absolute Gasteiger partial charge is 0.240 e. The third kappa shape index (κ3) is 7.67. The topological polar surface area (TPSA) is 78.3 Å². The van der Waals surface area contributed by atoms with Crippen molar-refractivity contribution in [2.75, 3.05) is 103 Å². The molecular formula is C28H40N8O2. The van der Waals surface area contributed by atoms with Crippen LogP contribution >= 0.6 is 0 Å². The van der Waals surface area contributed by atoms with Gasteiger partial charge in [-0.05, 0) is 62.6 Å². The molecule has 204 valence electrons. The Kier molecular flexibility index (Phi) is 9.57. The van der Waals surface area contributed by atoms with Gasteiger partial charge in [-0.15, -0.1) is 0 Å². The zero-order chi connectivity index (χ0) is 27.1. The second-order valence-electron chi connectivity index (χ2n) is 10.3. The van der Waals surface area contributed by atoms with Crippen LogP contribution in [0.5, 0.6) is 0 Å². The maximum atomic E-state index is 12.7. The number of carbonyl (C=O) groups excluding carboxylic acids is 2. The molecule has 0 N–H and O–H groups in total. The lowest BCUT2D eigenvalue weighted by Gasteiger charge is -2.32. The van der Waals surface area contributed by atoms with Crippen molar-refractivity contribution < 1.29 is 9.59 Å². The Balaban J connectivity index is 1.27. The third-order valence-electron chi connectivity index (χ3n) is 7.41. The van der Waals surface area contributed by atoms with Gasteiger partial charge in [0.15, 0.2) is 0 Å². The van der Waals surface area contributed by atoms with E-state index in [4.69, 9.17) is 0 Å². The van der Waals surface area contributed by atoms with Crippen LogP contribution in [-0.2, 0) is 9.59 Å². The molecule has 2 aliphatic rings. The first-order valence-electron chi connectivity index (χ1n) is 13.3. The van der Waals surface area contributed by atoms with Crippen molar-refractivity contribution in [2.24, 2.45) is 10.2 Å². The lowest BCUT2D eigenvalue weighted by molar-refractivity contribution is -0.120. The van der Waals surface area contributed by atoms with Crippen LogP contribution in [0.25, 0.3) is 0 Å². The standard InChI is InChI=1S/C28H40N8O2/c1-31-13-17-35(18-14-31)21-27(37)33(3)25-9-5-23(6-10-25)29-30-24-7-11-26(12-8-24)34(4)28(38)22-36-19-15-32(2)16-20-36/h5-12H,13-22H2,1-4H3. The van der Waals surface area contributed by atoms with Crippen molar-refractivity contribution in [1.82, 2.24) is 19.6 Å². The largest absolute Gasteiger partial charge is 0.314 e. The van der Waals surface area contributed by atoms with Crippen LogP contribution in [0.4, 0.5) is 22.7 Å². The molecule has 0 radical (unpaired) electrons. The summed E-state index contributed by atoms with van der Waals surface area (Å²) in [5.41, 5.74) is 3.07. The minimum atomic E-state index is 0.0796. The fraction of sp³-hybridized carbons (Fsp3) is 0.500. The maximum absolute atomic E-state index is 12.7. The molecule has 2 amide bonds. The highest BCUT2D eigenvalue weighted by molar-refractivity contribution is 5.95. The van der Waals surface area contributed by atoms with Crippen LogP contribution in [-0.4, -0.2) is 125 Å². The Morgan fingerprint density at radius 1 is 0.605 bits per heavy atom. The Morgan fingerprint density at radius 3 is 1.24 bits per heavy atom. The molecule has 10 heteroatoms. The SMILES string of the molecule is CN1CCN(CC(=O)N(C)c2ccc(N=Nc3ccc(N(C)C(=O)CN4CCN(C)CC4)cc3)cc2)CC1. The van der Waals surface area contributed by atoms with Crippen LogP contribution in [0.15, 0.2) is 58.8 Å². The number of benzene rings is 2. The van der Waals surface area contributed by atoms with Crippen molar-refractivity contribution in [3.8, 4) is 0 Å². The molecule has 2 saturated heterocycles. The molecule has 4 rings (SSSR count). The van der Waals surface area contributed by atoms with Crippen molar-refractivity contribution in [1.29, 1.82) is 0 Å². The molecule has 38 heavy (non-hydrogen) atoms. The summed E-state index contributed by atoms with van der Waals surface area (Å²) in [6.45, 7) is 8.49. The van der Waals surface area contributed by atoms with Gasteiger partial charge >= 0.3 is 0 Å². The molecule has 0 bridgehead atoms. The van der Waals surface area contributed by atoms with Crippen molar-refractivity contribution in [3.05, 3.63) is 48.5 Å². The molecule has 10 nitrogen and oxygen atoms in total. The number of piperazine rings is 2. The predicted octanol–water partition coefficient (Wildman–Crippen LogP) is 2.52. The maximum Gasteiger partial charge on any atom is 0.240 e. The number of hydrogen-bond donors (Lipinski definition) is 0. The molecule has 2 aliphatic heterocycles. The Bertz CT molecular complexity index is 1000. The van der Waals surface area contributed by atoms with Gasteiger partial charge in [-0.1, -0.05) is 0 Å². The molecular weight excluding hydrogens is 480 g/mol. The first kappa shape index (κ1) is 27.8. The zero-order valence-corrected chi connectivity index (χ0v) is 23.1. The summed E-state index contributed by atoms with van der Waals surface area (Å²) in [7, 11) is 7.83. The van der Waals surface area contributed by atoms with Crippen molar-refractivity contribution in [3.63, 3.8) is 0 Å². The fourth-order valence-electron chi connectivity index (χ4n) is 4.50. The number of nitrogens with zero attached hydrogens (tertiary/aromatic N) is 8. The van der Waals surface area contributed by atoms with E-state index in [2.05, 4.69) is 43.9 Å². The van der Waals surface area contributed by atoms with Gasteiger partial charge in [0.25, 0.3) is 0 Å². The Labute approximate surface area is 226 Å². The van der Waals surface area contributed by atoms with Gasteiger partial charge in [0.05, 0.1) is 24.5 Å². The fourth-order valence-corrected chi connectivity index (χ4v) is 4.50. The second kappa shape index (κ2) is 13.1. The molecule has 0 aliphatic carbocycles. The van der Waals surface area contributed by atoms with Gasteiger partial charge in [0.2, 0.25) is 11.8 Å². The highest BCUT2D eigenvalue weighted by atomic mass is 16.2. The molecule has 2 aromatic carbocycles. The summed E-state index contributed by atoms with van der Waals surface area (Å²) >= 11 is 0. The highest BCUT2D eigenvalue weighted by Crippen LogP contribution is 2.24. The van der Waals surface area contributed by atoms with Crippen molar-refractivity contribution >= 4 is 34.6 Å². The summed E-state index contributed by atoms with van der Waals surface area (Å²) in [4.78, 5) is 37.8. The highest BCUT2D eigenvalue weighted by Gasteiger charge is 2.20. The van der Waals surface area contributed by atoms with Gasteiger partial charge in [-0.2, -0.15) is 10.2 Å². The third-order valence-corrected chi connectivity index (χ3v) is 7.41. The predicted molar refractivity (Wildman–Crippen MR) is 152 cm³/mol. The normalized spacial score (nSPS) is 18.1. The van der Waals surface area contributed by atoms with E-state index in [0.29, 0.717) is 24.5 Å². The molecule has 0 atom stereocenters. The van der Waals surface area contributed by atoms with Crippen LogP contribution in [0.3, 0.4) is 0 Å². The summed E-state index contributed by atoms with van der Waals surface area (Å²) in [6, 6.07) is 15.0. The number of likely N-dealkylation sites (N-methyl/N-ethyl adjacent to an activating group) is 4. The number of hydrogen-bond acceptors (Lipinski definition) is 8. The number of anilines is 2. The summed E-state index contributed by atoms with van der Waals surface area (Å²) in [5, 5.41) is 8.67. The molecule has 2 aromatic rings. The van der Waals surface area contributed by atoms with Crippen LogP contribution < -0.4 is 9.80 Å². The molecule has 0 saturated carbocycles. The van der Waals surface area contributed by atoms with Gasteiger partial charge in [0.1, 0.15) is 0 Å². The number of azo groups is 1. The summed E-state index contributed by atoms with van der Waals surface area (Å²) in [5.74, 6) is 0.159. The summed E-state index contributed by atoms with van der Waals surface area (Å²) in [6.07, 6.45) is 0. The lowest BCUT2D eigenvalue weighted by Crippen LogP contribution is -2.48. The van der Waals surface area contributed by atoms with Gasteiger partial charge < -0.3 is 19.6 Å². The van der Waals surface area contributed by atoms with E-state index in [-0.39, 0.29) is 11.8 Å². The van der Waals surface area contributed by atoms with E-state index in [9.17, 15) is 9.59 Å². The molecule has 0 spiro atoms. The van der Waals surface area contributed by atoms with Gasteiger partial charge in [-0.3, -0.25) is 19.4 Å². The van der Waals surface area contributed by atoms with Crippen molar-refractivity contribution in [2.45, 2.75) is 0 Å². The minimum absolute atomic E-state index is 0.0796. The van der Waals surface area contributed by atoms with E-state index >= 15 is 0 Å². The van der Waals surface area contributed by atoms with Crippen LogP contribution in [0.2, 0.25) is 0 Å². The number of amides is 2. The monoisotopic (exact) mass is 520 g/mol. The average Bonchev–Trinajstić information content (AvgIpc) is 2.94. The zero-order valence-electron chi connectivity index (χ0n) is 23.1. The number of rotatable bonds is 8. The van der Waals surface area contributed by atoms with Crippen LogP contribution in [0, 0.1) is 0 Å². The minimum Gasteiger partial charge on any atom is -0.314 e. The summed E-state index contributed by atoms with van der Waals surface area (Å²) < 4.78 is 0. The van der Waals surface area contributed by atoms with E-state index in [0.717, 1.165) is 63.7 Å². The lowest BCUT2D eigenvalue weighted by atomic mass is 10.2. The Morgan fingerprint density at radius 2 is 0.921 bits per heavy atom. The van der Waals surface area contributed by atoms with Crippen LogP contribution in [0.1, 0.15) is 0 Å². The van der Waals surface area contributed by atoms with E-state index < -0.39 is 0 Å². The molecule has 0 aromatic heterocycles. The molecule has 2 heterocycles. The molecule has 2 fully saturated rings. The van der Waals surface area contributed by atoms with E-state index in [1.165, 1.54) is 0 Å². The van der Waals surface area contributed by atoms with Gasteiger partial charge in [0, 0.05) is 77.8 Å². The number of carbonyl (C=O) groups is 2. The Hall–Kier alpha value is -3.18. The molecule has 0 unspecified atom stereocenters. The van der Waals surface area contributed by atoms with E-state index in [1.807, 2.05) is 62.6 Å². The first-order chi connectivity index (χ1) is 18.3. The van der Waals surface area contributed by atoms with Gasteiger partial charge in [-0.25, -0.2) is 0 Å². The average molecular weight is 521 g/mol. The second-order valence-corrected chi connectivity index (χ2v) is 10.3. The quantitative estimate of drug-likeness (QED) is 0.498.